The number of rotatable bonds is 10. The van der Waals surface area contributed by atoms with E-state index in [4.69, 9.17) is 21.3 Å². The van der Waals surface area contributed by atoms with Crippen molar-refractivity contribution in [1.82, 2.24) is 9.29 Å². The largest absolute Gasteiger partial charge is 0.376 e. The van der Waals surface area contributed by atoms with Crippen LogP contribution in [0.3, 0.4) is 0 Å². The first-order chi connectivity index (χ1) is 17.3. The number of benzene rings is 2. The van der Waals surface area contributed by atoms with Gasteiger partial charge in [-0.25, -0.2) is 13.4 Å². The number of thiazole rings is 1. The second-order valence-electron chi connectivity index (χ2n) is 8.49. The van der Waals surface area contributed by atoms with Crippen molar-refractivity contribution in [2.75, 3.05) is 31.1 Å². The van der Waals surface area contributed by atoms with Gasteiger partial charge in [-0.15, -0.1) is 13.2 Å². The Morgan fingerprint density at radius 2 is 1.89 bits per heavy atom. The van der Waals surface area contributed by atoms with Crippen molar-refractivity contribution in [3.8, 4) is 0 Å². The van der Waals surface area contributed by atoms with Crippen LogP contribution >= 0.6 is 22.9 Å². The first-order valence-electron chi connectivity index (χ1n) is 11.6. The van der Waals surface area contributed by atoms with E-state index in [-0.39, 0.29) is 30.0 Å². The van der Waals surface area contributed by atoms with Crippen molar-refractivity contribution in [3.05, 3.63) is 77.9 Å². The summed E-state index contributed by atoms with van der Waals surface area (Å²) in [4.78, 5) is 20.2. The van der Waals surface area contributed by atoms with Gasteiger partial charge in [-0.3, -0.25) is 9.69 Å². The van der Waals surface area contributed by atoms with Gasteiger partial charge in [0.2, 0.25) is 10.0 Å². The van der Waals surface area contributed by atoms with Crippen LogP contribution in [0.2, 0.25) is 5.02 Å². The lowest BCUT2D eigenvalue weighted by Crippen LogP contribution is -2.37. The normalized spacial score (nSPS) is 15.9. The number of ether oxygens (including phenoxy) is 1. The summed E-state index contributed by atoms with van der Waals surface area (Å²) in [7, 11) is -3.76. The summed E-state index contributed by atoms with van der Waals surface area (Å²) in [5, 5.41) is 1.17. The third-order valence-electron chi connectivity index (χ3n) is 6.03. The van der Waals surface area contributed by atoms with Crippen molar-refractivity contribution < 1.29 is 17.9 Å². The molecule has 4 rings (SSSR count). The number of carbonyl (C=O) groups excluding carboxylic acids is 1. The van der Waals surface area contributed by atoms with Crippen molar-refractivity contribution >= 4 is 54.2 Å². The quantitative estimate of drug-likeness (QED) is 0.317. The Hall–Kier alpha value is -2.56. The summed E-state index contributed by atoms with van der Waals surface area (Å²) >= 11 is 7.70. The zero-order valence-electron chi connectivity index (χ0n) is 20.0. The molecule has 1 aliphatic rings. The van der Waals surface area contributed by atoms with Gasteiger partial charge in [0.25, 0.3) is 5.91 Å². The zero-order chi connectivity index (χ0) is 25.9. The first kappa shape index (κ1) is 26.5. The molecule has 1 amide bonds. The summed E-state index contributed by atoms with van der Waals surface area (Å²) in [5.74, 6) is -0.272. The Bertz CT molecular complexity index is 1370. The third-order valence-corrected chi connectivity index (χ3v) is 9.33. The minimum absolute atomic E-state index is 0.0864. The lowest BCUT2D eigenvalue weighted by molar-refractivity contribution is 0.0917. The molecule has 0 bridgehead atoms. The van der Waals surface area contributed by atoms with Crippen LogP contribution < -0.4 is 4.90 Å². The predicted octanol–water partition coefficient (Wildman–Crippen LogP) is 5.45. The highest BCUT2D eigenvalue weighted by molar-refractivity contribution is 7.89. The number of nitrogens with zero attached hydrogens (tertiary/aromatic N) is 3. The van der Waals surface area contributed by atoms with Gasteiger partial charge >= 0.3 is 0 Å². The van der Waals surface area contributed by atoms with Gasteiger partial charge in [-0.05, 0) is 61.7 Å². The lowest BCUT2D eigenvalue weighted by atomic mass is 10.2. The maximum absolute atomic E-state index is 13.7. The zero-order valence-corrected chi connectivity index (χ0v) is 22.4. The van der Waals surface area contributed by atoms with Gasteiger partial charge in [-0.1, -0.05) is 35.1 Å². The van der Waals surface area contributed by atoms with Crippen LogP contribution in [0.5, 0.6) is 0 Å². The molecule has 1 atom stereocenters. The van der Waals surface area contributed by atoms with E-state index < -0.39 is 10.0 Å². The van der Waals surface area contributed by atoms with E-state index in [0.29, 0.717) is 28.9 Å². The average Bonchev–Trinajstić information content (AvgIpc) is 3.54. The maximum atomic E-state index is 13.7. The lowest BCUT2D eigenvalue weighted by Gasteiger charge is -2.23. The fourth-order valence-corrected chi connectivity index (χ4v) is 6.64. The summed E-state index contributed by atoms with van der Waals surface area (Å²) in [6.07, 6.45) is 4.76. The van der Waals surface area contributed by atoms with E-state index in [0.717, 1.165) is 28.6 Å². The van der Waals surface area contributed by atoms with Crippen molar-refractivity contribution in [2.24, 2.45) is 0 Å². The van der Waals surface area contributed by atoms with E-state index in [1.165, 1.54) is 52.1 Å². The second kappa shape index (κ2) is 11.2. The molecular formula is C26H28ClN3O4S2. The number of fused-ring (bicyclic) bond motifs is 1. The molecule has 1 unspecified atom stereocenters. The van der Waals surface area contributed by atoms with E-state index in [9.17, 15) is 13.2 Å². The number of hydrogen-bond acceptors (Lipinski definition) is 6. The van der Waals surface area contributed by atoms with E-state index in [2.05, 4.69) is 13.2 Å². The summed E-state index contributed by atoms with van der Waals surface area (Å²) in [6, 6.07) is 9.70. The highest BCUT2D eigenvalue weighted by Gasteiger charge is 2.28. The van der Waals surface area contributed by atoms with Crippen molar-refractivity contribution in [2.45, 2.75) is 30.8 Å². The summed E-state index contributed by atoms with van der Waals surface area (Å²) in [5.41, 5.74) is 1.98. The maximum Gasteiger partial charge on any atom is 0.260 e. The van der Waals surface area contributed by atoms with Gasteiger partial charge < -0.3 is 4.74 Å². The predicted molar refractivity (Wildman–Crippen MR) is 146 cm³/mol. The molecule has 1 aliphatic heterocycles. The minimum Gasteiger partial charge on any atom is -0.376 e. The minimum atomic E-state index is -3.76. The topological polar surface area (TPSA) is 79.8 Å². The third kappa shape index (κ3) is 5.40. The molecule has 7 nitrogen and oxygen atoms in total. The van der Waals surface area contributed by atoms with Gasteiger partial charge in [0.15, 0.2) is 5.13 Å². The molecule has 0 saturated carbocycles. The van der Waals surface area contributed by atoms with Gasteiger partial charge in [-0.2, -0.15) is 4.31 Å². The molecule has 0 aliphatic carbocycles. The number of aromatic nitrogens is 1. The molecule has 0 radical (unpaired) electrons. The number of amides is 1. The molecule has 10 heteroatoms. The Morgan fingerprint density at radius 3 is 2.50 bits per heavy atom. The van der Waals surface area contributed by atoms with Crippen molar-refractivity contribution in [3.63, 3.8) is 0 Å². The van der Waals surface area contributed by atoms with E-state index in [1.807, 2.05) is 19.1 Å². The van der Waals surface area contributed by atoms with E-state index in [1.54, 1.807) is 4.90 Å². The molecule has 2 heterocycles. The van der Waals surface area contributed by atoms with Gasteiger partial charge in [0.05, 0.1) is 27.8 Å². The fraction of sp³-hybridized carbons (Fsp3) is 0.308. The number of anilines is 1. The Morgan fingerprint density at radius 1 is 1.19 bits per heavy atom. The number of carbonyl (C=O) groups is 1. The molecule has 1 saturated heterocycles. The first-order valence-corrected chi connectivity index (χ1v) is 14.2. The molecule has 1 aromatic heterocycles. The van der Waals surface area contributed by atoms with Crippen LogP contribution in [0.1, 0.15) is 28.8 Å². The molecule has 0 spiro atoms. The van der Waals surface area contributed by atoms with Crippen LogP contribution in [0.4, 0.5) is 5.13 Å². The van der Waals surface area contributed by atoms with Crippen LogP contribution in [0.25, 0.3) is 10.2 Å². The molecule has 190 valence electrons. The fourth-order valence-electron chi connectivity index (χ4n) is 4.08. The van der Waals surface area contributed by atoms with Crippen LogP contribution in [-0.2, 0) is 14.8 Å². The van der Waals surface area contributed by atoms with Crippen LogP contribution in [-0.4, -0.2) is 56.0 Å². The number of halogens is 1. The standard InChI is InChI=1S/C26H28ClN3O4S2/c1-4-14-29(15-5-2)36(32,33)21-10-8-19(9-11-21)25(31)30(17-20-7-6-16-34-20)26-28-24-18(3)22(27)12-13-23(24)35-26/h4-5,8-13,20H,1-2,6-7,14-17H2,3H3. The van der Waals surface area contributed by atoms with Crippen molar-refractivity contribution in [1.29, 1.82) is 0 Å². The smallest absolute Gasteiger partial charge is 0.260 e. The van der Waals surface area contributed by atoms with Crippen LogP contribution in [0.15, 0.2) is 66.6 Å². The molecule has 2 aromatic carbocycles. The van der Waals surface area contributed by atoms with Gasteiger partial charge in [0, 0.05) is 30.3 Å². The SMILES string of the molecule is C=CCN(CC=C)S(=O)(=O)c1ccc(C(=O)N(CC2CCCO2)c2nc3c(C)c(Cl)ccc3s2)cc1. The summed E-state index contributed by atoms with van der Waals surface area (Å²) in [6.45, 7) is 10.5. The van der Waals surface area contributed by atoms with Crippen LogP contribution in [0, 0.1) is 6.92 Å². The second-order valence-corrected chi connectivity index (χ2v) is 11.8. The highest BCUT2D eigenvalue weighted by atomic mass is 35.5. The monoisotopic (exact) mass is 545 g/mol. The molecule has 36 heavy (non-hydrogen) atoms. The van der Waals surface area contributed by atoms with E-state index >= 15 is 0 Å². The Labute approximate surface area is 220 Å². The Kier molecular flexibility index (Phi) is 8.27. The molecular weight excluding hydrogens is 518 g/mol. The molecule has 3 aromatic rings. The molecule has 1 fully saturated rings. The number of aryl methyl sites for hydroxylation is 1. The summed E-state index contributed by atoms with van der Waals surface area (Å²) < 4.78 is 34.1. The number of hydrogen-bond donors (Lipinski definition) is 0. The average molecular weight is 546 g/mol. The highest BCUT2D eigenvalue weighted by Crippen LogP contribution is 2.35. The Balaban J connectivity index is 1.67. The number of sulfonamides is 1. The molecule has 0 N–H and O–H groups in total. The van der Waals surface area contributed by atoms with Gasteiger partial charge in [0.1, 0.15) is 0 Å².